The molecule has 1 unspecified atom stereocenters. The molecule has 2 aromatic carbocycles. The number of amides is 4. The first-order valence-corrected chi connectivity index (χ1v) is 14.4. The Kier molecular flexibility index (Phi) is 13.5. The van der Waals surface area contributed by atoms with Gasteiger partial charge in [0.2, 0.25) is 11.8 Å². The average molecular weight is 566 g/mol. The first-order chi connectivity index (χ1) is 19.4. The van der Waals surface area contributed by atoms with Gasteiger partial charge in [0.1, 0.15) is 6.04 Å². The minimum atomic E-state index is -0.625. The van der Waals surface area contributed by atoms with Crippen LogP contribution in [-0.2, 0) is 16.1 Å². The number of rotatable bonds is 15. The number of carbonyl (C=O) groups excluding carboxylic acids is 4. The van der Waals surface area contributed by atoms with E-state index in [9.17, 15) is 19.2 Å². The summed E-state index contributed by atoms with van der Waals surface area (Å²) in [7, 11) is 1.74. The molecule has 0 fully saturated rings. The summed E-state index contributed by atoms with van der Waals surface area (Å²) in [5.41, 5.74) is 1.85. The summed E-state index contributed by atoms with van der Waals surface area (Å²) in [6, 6.07) is 15.0. The van der Waals surface area contributed by atoms with Crippen LogP contribution in [0.1, 0.15) is 74.2 Å². The second-order valence-corrected chi connectivity index (χ2v) is 11.3. The van der Waals surface area contributed by atoms with Crippen molar-refractivity contribution in [2.45, 2.75) is 72.6 Å². The SMILES string of the molecule is CCNC(=O)[C@@H](NC(=O)C(C)NC[C@H](CC(C)C)NC(=O)c1cccc(C(=O)N(C)Cc2ccccc2)c1)C(C)C. The molecule has 0 heterocycles. The molecular formula is C32H47N5O4. The molecule has 0 aliphatic carbocycles. The zero-order valence-corrected chi connectivity index (χ0v) is 25.5. The summed E-state index contributed by atoms with van der Waals surface area (Å²) in [5.74, 6) is -0.710. The van der Waals surface area contributed by atoms with Gasteiger partial charge < -0.3 is 26.2 Å². The maximum atomic E-state index is 13.2. The summed E-state index contributed by atoms with van der Waals surface area (Å²) in [4.78, 5) is 53.1. The number of nitrogens with zero attached hydrogens (tertiary/aromatic N) is 1. The summed E-state index contributed by atoms with van der Waals surface area (Å²) in [6.45, 7) is 12.8. The van der Waals surface area contributed by atoms with Crippen LogP contribution in [0.2, 0.25) is 0 Å². The lowest BCUT2D eigenvalue weighted by Gasteiger charge is -2.26. The molecule has 0 spiro atoms. The second kappa shape index (κ2) is 16.5. The molecule has 9 nitrogen and oxygen atoms in total. The van der Waals surface area contributed by atoms with Crippen LogP contribution in [0.4, 0.5) is 0 Å². The molecule has 2 rings (SSSR count). The highest BCUT2D eigenvalue weighted by atomic mass is 16.2. The summed E-state index contributed by atoms with van der Waals surface area (Å²) in [5, 5.41) is 11.9. The van der Waals surface area contributed by atoms with Crippen LogP contribution >= 0.6 is 0 Å². The molecule has 0 radical (unpaired) electrons. The van der Waals surface area contributed by atoms with E-state index >= 15 is 0 Å². The van der Waals surface area contributed by atoms with Gasteiger partial charge in [-0.25, -0.2) is 0 Å². The van der Waals surface area contributed by atoms with E-state index in [1.807, 2.05) is 51.1 Å². The van der Waals surface area contributed by atoms with Crippen molar-refractivity contribution in [3.8, 4) is 0 Å². The highest BCUT2D eigenvalue weighted by molar-refractivity contribution is 5.99. The lowest BCUT2D eigenvalue weighted by molar-refractivity contribution is -0.130. The van der Waals surface area contributed by atoms with Crippen LogP contribution in [0.25, 0.3) is 0 Å². The largest absolute Gasteiger partial charge is 0.355 e. The second-order valence-electron chi connectivity index (χ2n) is 11.3. The number of carbonyl (C=O) groups is 4. The Morgan fingerprint density at radius 1 is 0.829 bits per heavy atom. The Hall–Kier alpha value is -3.72. The first kappa shape index (κ1) is 33.5. The van der Waals surface area contributed by atoms with Gasteiger partial charge in [0.15, 0.2) is 0 Å². The van der Waals surface area contributed by atoms with Crippen LogP contribution in [0.15, 0.2) is 54.6 Å². The molecule has 0 saturated carbocycles. The third-order valence-corrected chi connectivity index (χ3v) is 6.73. The van der Waals surface area contributed by atoms with Gasteiger partial charge in [-0.15, -0.1) is 0 Å². The van der Waals surface area contributed by atoms with Gasteiger partial charge in [0.05, 0.1) is 6.04 Å². The van der Waals surface area contributed by atoms with Gasteiger partial charge in [-0.1, -0.05) is 64.1 Å². The van der Waals surface area contributed by atoms with E-state index in [4.69, 9.17) is 0 Å². The molecule has 2 aromatic rings. The maximum Gasteiger partial charge on any atom is 0.253 e. The van der Waals surface area contributed by atoms with E-state index in [2.05, 4.69) is 35.1 Å². The Balaban J connectivity index is 2.03. The van der Waals surface area contributed by atoms with Crippen molar-refractivity contribution in [2.75, 3.05) is 20.1 Å². The summed E-state index contributed by atoms with van der Waals surface area (Å²) in [6.07, 6.45) is 0.693. The fourth-order valence-electron chi connectivity index (χ4n) is 4.48. The van der Waals surface area contributed by atoms with Crippen molar-refractivity contribution in [1.82, 2.24) is 26.2 Å². The van der Waals surface area contributed by atoms with Crippen molar-refractivity contribution in [3.63, 3.8) is 0 Å². The molecule has 0 bridgehead atoms. The van der Waals surface area contributed by atoms with Gasteiger partial charge >= 0.3 is 0 Å². The number of hydrogen-bond acceptors (Lipinski definition) is 5. The molecule has 0 aromatic heterocycles. The van der Waals surface area contributed by atoms with Gasteiger partial charge in [0, 0.05) is 43.9 Å². The smallest absolute Gasteiger partial charge is 0.253 e. The molecule has 0 aliphatic heterocycles. The monoisotopic (exact) mass is 565 g/mol. The van der Waals surface area contributed by atoms with E-state index in [1.165, 1.54) is 0 Å². The molecule has 0 saturated heterocycles. The lowest BCUT2D eigenvalue weighted by Crippen LogP contribution is -2.55. The van der Waals surface area contributed by atoms with Crippen LogP contribution in [-0.4, -0.2) is 66.8 Å². The van der Waals surface area contributed by atoms with Gasteiger partial charge in [0.25, 0.3) is 11.8 Å². The Morgan fingerprint density at radius 3 is 2.10 bits per heavy atom. The van der Waals surface area contributed by atoms with Gasteiger partial charge in [-0.05, 0) is 55.9 Å². The minimum absolute atomic E-state index is 0.0635. The number of likely N-dealkylation sites (N-methyl/N-ethyl adjacent to an activating group) is 1. The molecule has 3 atom stereocenters. The summed E-state index contributed by atoms with van der Waals surface area (Å²) < 4.78 is 0. The van der Waals surface area contributed by atoms with E-state index in [-0.39, 0.29) is 35.6 Å². The molecule has 41 heavy (non-hydrogen) atoms. The molecule has 0 aliphatic rings. The van der Waals surface area contributed by atoms with Crippen molar-refractivity contribution < 1.29 is 19.2 Å². The Morgan fingerprint density at radius 2 is 1.49 bits per heavy atom. The minimum Gasteiger partial charge on any atom is -0.355 e. The normalized spacial score (nSPS) is 13.3. The zero-order chi connectivity index (χ0) is 30.5. The van der Waals surface area contributed by atoms with Gasteiger partial charge in [-0.3, -0.25) is 19.2 Å². The van der Waals surface area contributed by atoms with Crippen molar-refractivity contribution in [2.24, 2.45) is 11.8 Å². The molecule has 224 valence electrons. The van der Waals surface area contributed by atoms with Crippen molar-refractivity contribution in [3.05, 3.63) is 71.3 Å². The molecular weight excluding hydrogens is 518 g/mol. The standard InChI is InChI=1S/C32H47N5O4/c1-8-33-31(40)28(22(4)5)36-29(38)23(6)34-19-27(17-21(2)3)35-30(39)25-15-12-16-26(18-25)32(41)37(7)20-24-13-10-9-11-14-24/h9-16,18,21-23,27-28,34H,8,17,19-20H2,1-7H3,(H,33,40)(H,35,39)(H,36,38)/t23?,27-,28-/m0/s1. The Bertz CT molecular complexity index is 1150. The number of nitrogens with one attached hydrogen (secondary N) is 4. The molecule has 4 amide bonds. The van der Waals surface area contributed by atoms with Crippen molar-refractivity contribution in [1.29, 1.82) is 0 Å². The maximum absolute atomic E-state index is 13.2. The quantitative estimate of drug-likeness (QED) is 0.264. The van der Waals surface area contributed by atoms with E-state index in [1.54, 1.807) is 43.1 Å². The van der Waals surface area contributed by atoms with Crippen LogP contribution in [0.3, 0.4) is 0 Å². The first-order valence-electron chi connectivity index (χ1n) is 14.4. The van der Waals surface area contributed by atoms with Crippen LogP contribution in [0, 0.1) is 11.8 Å². The predicted molar refractivity (Wildman–Crippen MR) is 162 cm³/mol. The fraction of sp³-hybridized carbons (Fsp3) is 0.500. The van der Waals surface area contributed by atoms with Crippen molar-refractivity contribution >= 4 is 23.6 Å². The topological polar surface area (TPSA) is 120 Å². The third-order valence-electron chi connectivity index (χ3n) is 6.73. The fourth-order valence-corrected chi connectivity index (χ4v) is 4.48. The number of hydrogen-bond donors (Lipinski definition) is 4. The molecule has 9 heteroatoms. The van der Waals surface area contributed by atoms with Crippen LogP contribution < -0.4 is 21.3 Å². The molecule has 4 N–H and O–H groups in total. The zero-order valence-electron chi connectivity index (χ0n) is 25.5. The number of benzene rings is 2. The highest BCUT2D eigenvalue weighted by Gasteiger charge is 2.26. The highest BCUT2D eigenvalue weighted by Crippen LogP contribution is 2.12. The van der Waals surface area contributed by atoms with E-state index in [0.29, 0.717) is 43.1 Å². The average Bonchev–Trinajstić information content (AvgIpc) is 2.94. The third kappa shape index (κ3) is 11.0. The van der Waals surface area contributed by atoms with Gasteiger partial charge in [-0.2, -0.15) is 0 Å². The Labute approximate surface area is 244 Å². The lowest BCUT2D eigenvalue weighted by atomic mass is 10.0. The predicted octanol–water partition coefficient (Wildman–Crippen LogP) is 3.36. The van der Waals surface area contributed by atoms with E-state index < -0.39 is 12.1 Å². The summed E-state index contributed by atoms with van der Waals surface area (Å²) >= 11 is 0. The van der Waals surface area contributed by atoms with Crippen LogP contribution in [0.5, 0.6) is 0 Å². The van der Waals surface area contributed by atoms with E-state index in [0.717, 1.165) is 5.56 Å².